The third-order valence-electron chi connectivity index (χ3n) is 2.09. The molecule has 0 amide bonds. The summed E-state index contributed by atoms with van der Waals surface area (Å²) in [5.74, 6) is -0.737. The fraction of sp³-hybridized carbons (Fsp3) is 0.385. The van der Waals surface area contributed by atoms with Gasteiger partial charge in [0.05, 0.1) is 24.3 Å². The number of oxime groups is 1. The standard InChI is InChI=1S/C13H15ClFNO3/c1-2-6-18-13(17)5-7-19-16-9-10-3-4-11(15)8-12(10)14/h3-4,8-9H,2,5-7H2,1H3/b16-9+. The number of nitrogens with zero attached hydrogens (tertiary/aromatic N) is 1. The van der Waals surface area contributed by atoms with Gasteiger partial charge in [-0.05, 0) is 24.6 Å². The Labute approximate surface area is 116 Å². The van der Waals surface area contributed by atoms with Crippen LogP contribution in [0.2, 0.25) is 5.02 Å². The Morgan fingerprint density at radius 3 is 2.95 bits per heavy atom. The van der Waals surface area contributed by atoms with Crippen LogP contribution in [-0.4, -0.2) is 25.4 Å². The van der Waals surface area contributed by atoms with E-state index in [0.29, 0.717) is 12.2 Å². The summed E-state index contributed by atoms with van der Waals surface area (Å²) < 4.78 is 17.6. The van der Waals surface area contributed by atoms with Gasteiger partial charge >= 0.3 is 5.97 Å². The van der Waals surface area contributed by atoms with Gasteiger partial charge in [0.15, 0.2) is 0 Å². The molecule has 0 heterocycles. The molecule has 0 aliphatic carbocycles. The van der Waals surface area contributed by atoms with Gasteiger partial charge in [-0.1, -0.05) is 23.7 Å². The first-order valence-electron chi connectivity index (χ1n) is 5.89. The first kappa shape index (κ1) is 15.4. The molecule has 4 nitrogen and oxygen atoms in total. The molecule has 0 aromatic heterocycles. The van der Waals surface area contributed by atoms with E-state index in [-0.39, 0.29) is 24.0 Å². The Bertz CT molecular complexity index is 452. The van der Waals surface area contributed by atoms with Gasteiger partial charge in [0, 0.05) is 5.56 Å². The van der Waals surface area contributed by atoms with Crippen molar-refractivity contribution in [1.82, 2.24) is 0 Å². The van der Waals surface area contributed by atoms with E-state index in [2.05, 4.69) is 5.16 Å². The lowest BCUT2D eigenvalue weighted by molar-refractivity contribution is -0.144. The summed E-state index contributed by atoms with van der Waals surface area (Å²) in [4.78, 5) is 16.0. The number of halogens is 2. The van der Waals surface area contributed by atoms with E-state index in [4.69, 9.17) is 21.2 Å². The number of benzene rings is 1. The number of hydrogen-bond donors (Lipinski definition) is 0. The van der Waals surface area contributed by atoms with Gasteiger partial charge in [0.2, 0.25) is 0 Å². The smallest absolute Gasteiger partial charge is 0.309 e. The molecule has 1 aromatic rings. The van der Waals surface area contributed by atoms with E-state index in [0.717, 1.165) is 6.42 Å². The van der Waals surface area contributed by atoms with Crippen molar-refractivity contribution in [3.63, 3.8) is 0 Å². The maximum Gasteiger partial charge on any atom is 0.309 e. The van der Waals surface area contributed by atoms with Crippen molar-refractivity contribution in [2.24, 2.45) is 5.16 Å². The van der Waals surface area contributed by atoms with Crippen LogP contribution in [0.4, 0.5) is 4.39 Å². The third-order valence-corrected chi connectivity index (χ3v) is 2.42. The molecule has 0 N–H and O–H groups in total. The summed E-state index contributed by atoms with van der Waals surface area (Å²) >= 11 is 5.79. The summed E-state index contributed by atoms with van der Waals surface area (Å²) in [5.41, 5.74) is 0.539. The largest absolute Gasteiger partial charge is 0.466 e. The Hall–Kier alpha value is -1.62. The van der Waals surface area contributed by atoms with Crippen LogP contribution < -0.4 is 0 Å². The maximum atomic E-state index is 12.8. The van der Waals surface area contributed by atoms with Gasteiger partial charge < -0.3 is 9.57 Å². The first-order chi connectivity index (χ1) is 9.13. The summed E-state index contributed by atoms with van der Waals surface area (Å²) in [6.07, 6.45) is 2.28. The molecule has 0 unspecified atom stereocenters. The van der Waals surface area contributed by atoms with Crippen LogP contribution in [0.25, 0.3) is 0 Å². The highest BCUT2D eigenvalue weighted by Gasteiger charge is 2.02. The monoisotopic (exact) mass is 287 g/mol. The van der Waals surface area contributed by atoms with Gasteiger partial charge in [-0.15, -0.1) is 0 Å². The molecule has 19 heavy (non-hydrogen) atoms. The maximum absolute atomic E-state index is 12.8. The van der Waals surface area contributed by atoms with Gasteiger partial charge in [0.25, 0.3) is 0 Å². The van der Waals surface area contributed by atoms with E-state index in [1.165, 1.54) is 24.4 Å². The first-order valence-corrected chi connectivity index (χ1v) is 6.27. The van der Waals surface area contributed by atoms with Crippen LogP contribution in [0.1, 0.15) is 25.3 Å². The van der Waals surface area contributed by atoms with Crippen molar-refractivity contribution < 1.29 is 18.8 Å². The predicted molar refractivity (Wildman–Crippen MR) is 70.8 cm³/mol. The molecule has 1 rings (SSSR count). The molecule has 6 heteroatoms. The normalized spacial score (nSPS) is 10.7. The van der Waals surface area contributed by atoms with E-state index in [1.54, 1.807) is 0 Å². The van der Waals surface area contributed by atoms with E-state index >= 15 is 0 Å². The molecule has 0 radical (unpaired) electrons. The highest BCUT2D eigenvalue weighted by Crippen LogP contribution is 2.15. The van der Waals surface area contributed by atoms with Gasteiger partial charge in [-0.3, -0.25) is 4.79 Å². The second kappa shape index (κ2) is 8.48. The van der Waals surface area contributed by atoms with Crippen LogP contribution >= 0.6 is 11.6 Å². The van der Waals surface area contributed by atoms with Gasteiger partial charge in [0.1, 0.15) is 12.4 Å². The SMILES string of the molecule is CCCOC(=O)CCO/N=C/c1ccc(F)cc1Cl. The molecular formula is C13H15ClFNO3. The number of esters is 1. The topological polar surface area (TPSA) is 47.9 Å². The van der Waals surface area contributed by atoms with Gasteiger partial charge in [-0.2, -0.15) is 0 Å². The molecule has 1 aromatic carbocycles. The Morgan fingerprint density at radius 2 is 2.26 bits per heavy atom. The van der Waals surface area contributed by atoms with Crippen molar-refractivity contribution in [2.45, 2.75) is 19.8 Å². The fourth-order valence-corrected chi connectivity index (χ4v) is 1.39. The minimum absolute atomic E-state index is 0.123. The molecule has 104 valence electrons. The van der Waals surface area contributed by atoms with Crippen molar-refractivity contribution in [1.29, 1.82) is 0 Å². The van der Waals surface area contributed by atoms with E-state index in [9.17, 15) is 9.18 Å². The number of rotatable bonds is 7. The minimum Gasteiger partial charge on any atom is -0.466 e. The molecule has 0 aliphatic heterocycles. The third kappa shape index (κ3) is 6.20. The Morgan fingerprint density at radius 1 is 1.47 bits per heavy atom. The Kier molecular flexibility index (Phi) is 6.89. The predicted octanol–water partition coefficient (Wildman–Crippen LogP) is 3.17. The van der Waals surface area contributed by atoms with Crippen molar-refractivity contribution in [3.05, 3.63) is 34.6 Å². The molecule has 0 bridgehead atoms. The fourth-order valence-electron chi connectivity index (χ4n) is 1.17. The molecule has 0 aliphatic rings. The second-order valence-electron chi connectivity index (χ2n) is 3.70. The lowest BCUT2D eigenvalue weighted by atomic mass is 10.2. The molecule has 0 saturated carbocycles. The molecule has 0 atom stereocenters. The quantitative estimate of drug-likeness (QED) is 0.335. The molecule has 0 spiro atoms. The minimum atomic E-state index is -0.415. The zero-order chi connectivity index (χ0) is 14.1. The average molecular weight is 288 g/mol. The zero-order valence-corrected chi connectivity index (χ0v) is 11.3. The molecule has 0 fully saturated rings. The second-order valence-corrected chi connectivity index (χ2v) is 4.11. The van der Waals surface area contributed by atoms with Crippen molar-refractivity contribution in [2.75, 3.05) is 13.2 Å². The Balaban J connectivity index is 2.29. The van der Waals surface area contributed by atoms with Crippen LogP contribution in [0.15, 0.2) is 23.4 Å². The number of carbonyl (C=O) groups is 1. The van der Waals surface area contributed by atoms with Crippen LogP contribution in [-0.2, 0) is 14.4 Å². The number of hydrogen-bond acceptors (Lipinski definition) is 4. The van der Waals surface area contributed by atoms with Crippen LogP contribution in [0, 0.1) is 5.82 Å². The summed E-state index contributed by atoms with van der Waals surface area (Å²) in [7, 11) is 0. The lowest BCUT2D eigenvalue weighted by Gasteiger charge is -2.02. The number of ether oxygens (including phenoxy) is 1. The van der Waals surface area contributed by atoms with Crippen molar-refractivity contribution in [3.8, 4) is 0 Å². The highest BCUT2D eigenvalue weighted by atomic mass is 35.5. The molecule has 0 saturated heterocycles. The van der Waals surface area contributed by atoms with Crippen molar-refractivity contribution >= 4 is 23.8 Å². The average Bonchev–Trinajstić information content (AvgIpc) is 2.38. The highest BCUT2D eigenvalue weighted by molar-refractivity contribution is 6.33. The summed E-state index contributed by atoms with van der Waals surface area (Å²) in [5, 5.41) is 3.89. The van der Waals surface area contributed by atoms with E-state index < -0.39 is 5.82 Å². The van der Waals surface area contributed by atoms with Gasteiger partial charge in [-0.25, -0.2) is 4.39 Å². The number of carbonyl (C=O) groups excluding carboxylic acids is 1. The van der Waals surface area contributed by atoms with E-state index in [1.807, 2.05) is 6.92 Å². The van der Waals surface area contributed by atoms with Crippen LogP contribution in [0.5, 0.6) is 0 Å². The summed E-state index contributed by atoms with van der Waals surface area (Å²) in [6.45, 7) is 2.45. The molecular weight excluding hydrogens is 273 g/mol. The van der Waals surface area contributed by atoms with Crippen LogP contribution in [0.3, 0.4) is 0 Å². The summed E-state index contributed by atoms with van der Waals surface area (Å²) in [6, 6.07) is 3.94. The lowest BCUT2D eigenvalue weighted by Crippen LogP contribution is -2.07. The zero-order valence-electron chi connectivity index (χ0n) is 10.6.